The highest BCUT2D eigenvalue weighted by molar-refractivity contribution is 5.76. The molecule has 18 heavy (non-hydrogen) atoms. The van der Waals surface area contributed by atoms with Crippen molar-refractivity contribution >= 4 is 11.0 Å². The Hall–Kier alpha value is -1.42. The molecule has 96 valence electrons. The van der Waals surface area contributed by atoms with Gasteiger partial charge in [-0.2, -0.15) is 0 Å². The molecule has 0 atom stereocenters. The fourth-order valence-electron chi connectivity index (χ4n) is 2.39. The van der Waals surface area contributed by atoms with E-state index in [0.29, 0.717) is 12.5 Å². The van der Waals surface area contributed by atoms with Crippen LogP contribution in [0.4, 0.5) is 4.39 Å². The maximum atomic E-state index is 13.4. The highest BCUT2D eigenvalue weighted by Crippen LogP contribution is 2.39. The third kappa shape index (κ3) is 2.12. The zero-order chi connectivity index (χ0) is 12.9. The molecule has 0 spiro atoms. The zero-order valence-corrected chi connectivity index (χ0v) is 10.8. The van der Waals surface area contributed by atoms with Crippen LogP contribution in [-0.4, -0.2) is 15.1 Å². The molecule has 1 aromatic heterocycles. The predicted octanol–water partition coefficient (Wildman–Crippen LogP) is 2.79. The molecule has 1 heterocycles. The molecule has 0 unspecified atom stereocenters. The maximum absolute atomic E-state index is 13.4. The fraction of sp³-hybridized carbons (Fsp3) is 0.500. The number of rotatable bonds is 3. The number of aromatic nitrogens is 2. The van der Waals surface area contributed by atoms with Crippen molar-refractivity contribution in [2.45, 2.75) is 44.7 Å². The van der Waals surface area contributed by atoms with Gasteiger partial charge < -0.3 is 10.3 Å². The highest BCUT2D eigenvalue weighted by Gasteiger charge is 2.29. The minimum Gasteiger partial charge on any atom is -0.325 e. The number of nitrogens with two attached hydrogens (primary N) is 1. The van der Waals surface area contributed by atoms with Gasteiger partial charge >= 0.3 is 0 Å². The minimum atomic E-state index is -0.299. The van der Waals surface area contributed by atoms with E-state index in [2.05, 4.69) is 9.55 Å². The van der Waals surface area contributed by atoms with Gasteiger partial charge in [0.1, 0.15) is 11.6 Å². The quantitative estimate of drug-likeness (QED) is 0.906. The summed E-state index contributed by atoms with van der Waals surface area (Å²) < 4.78 is 15.6. The third-order valence-corrected chi connectivity index (χ3v) is 3.25. The van der Waals surface area contributed by atoms with Crippen LogP contribution in [0.3, 0.4) is 0 Å². The van der Waals surface area contributed by atoms with Crippen molar-refractivity contribution in [3.63, 3.8) is 0 Å². The van der Waals surface area contributed by atoms with Crippen LogP contribution in [0.1, 0.15) is 38.6 Å². The van der Waals surface area contributed by atoms with Crippen molar-refractivity contribution in [1.82, 2.24) is 9.55 Å². The number of benzene rings is 1. The van der Waals surface area contributed by atoms with Crippen LogP contribution in [0.2, 0.25) is 0 Å². The Morgan fingerprint density at radius 1 is 1.44 bits per heavy atom. The Labute approximate surface area is 106 Å². The number of fused-ring (bicyclic) bond motifs is 1. The second-order valence-corrected chi connectivity index (χ2v) is 5.93. The summed E-state index contributed by atoms with van der Waals surface area (Å²) >= 11 is 0. The molecule has 1 aliphatic rings. The van der Waals surface area contributed by atoms with Crippen LogP contribution in [0, 0.1) is 5.82 Å². The first kappa shape index (κ1) is 11.7. The smallest absolute Gasteiger partial charge is 0.125 e. The van der Waals surface area contributed by atoms with E-state index in [0.717, 1.165) is 29.7 Å². The molecular weight excluding hydrogens is 229 g/mol. The van der Waals surface area contributed by atoms with E-state index >= 15 is 0 Å². The van der Waals surface area contributed by atoms with E-state index < -0.39 is 0 Å². The first-order chi connectivity index (χ1) is 8.44. The Morgan fingerprint density at radius 3 is 2.78 bits per heavy atom. The van der Waals surface area contributed by atoms with Gasteiger partial charge in [0.2, 0.25) is 0 Å². The number of hydrogen-bond donors (Lipinski definition) is 1. The van der Waals surface area contributed by atoms with Crippen LogP contribution in [0.5, 0.6) is 0 Å². The average molecular weight is 247 g/mol. The number of nitrogens with zero attached hydrogens (tertiary/aromatic N) is 2. The van der Waals surface area contributed by atoms with Gasteiger partial charge in [0.05, 0.1) is 11.0 Å². The molecule has 3 rings (SSSR count). The molecule has 3 nitrogen and oxygen atoms in total. The Morgan fingerprint density at radius 2 is 2.17 bits per heavy atom. The lowest BCUT2D eigenvalue weighted by Crippen LogP contribution is -2.35. The topological polar surface area (TPSA) is 43.8 Å². The summed E-state index contributed by atoms with van der Waals surface area (Å²) in [5.74, 6) is 0.772. The predicted molar refractivity (Wildman–Crippen MR) is 69.9 cm³/mol. The van der Waals surface area contributed by atoms with Crippen LogP contribution in [0.25, 0.3) is 11.0 Å². The van der Waals surface area contributed by atoms with Crippen LogP contribution >= 0.6 is 0 Å². The van der Waals surface area contributed by atoms with Crippen molar-refractivity contribution in [3.8, 4) is 0 Å². The van der Waals surface area contributed by atoms with Gasteiger partial charge in [-0.25, -0.2) is 9.37 Å². The van der Waals surface area contributed by atoms with Gasteiger partial charge in [0.15, 0.2) is 0 Å². The SMILES string of the molecule is CC(C)(N)Cc1nc2ccc(F)cc2n1C1CC1. The second-order valence-electron chi connectivity index (χ2n) is 5.93. The molecule has 0 bridgehead atoms. The van der Waals surface area contributed by atoms with Gasteiger partial charge in [-0.1, -0.05) is 0 Å². The molecule has 4 heteroatoms. The van der Waals surface area contributed by atoms with Gasteiger partial charge in [-0.15, -0.1) is 0 Å². The summed E-state index contributed by atoms with van der Waals surface area (Å²) in [5, 5.41) is 0. The molecule has 1 aromatic carbocycles. The molecule has 0 saturated heterocycles. The zero-order valence-electron chi connectivity index (χ0n) is 10.8. The molecule has 1 saturated carbocycles. The van der Waals surface area contributed by atoms with Crippen molar-refractivity contribution in [2.75, 3.05) is 0 Å². The molecule has 0 amide bonds. The van der Waals surface area contributed by atoms with Crippen LogP contribution in [0.15, 0.2) is 18.2 Å². The summed E-state index contributed by atoms with van der Waals surface area (Å²) in [6.45, 7) is 3.98. The molecule has 2 aromatic rings. The van der Waals surface area contributed by atoms with Gasteiger partial charge in [0.25, 0.3) is 0 Å². The van der Waals surface area contributed by atoms with Crippen molar-refractivity contribution in [1.29, 1.82) is 0 Å². The van der Waals surface area contributed by atoms with E-state index in [1.54, 1.807) is 12.1 Å². The van der Waals surface area contributed by atoms with Gasteiger partial charge in [0, 0.05) is 18.0 Å². The molecule has 1 aliphatic carbocycles. The Bertz CT molecular complexity index is 591. The van der Waals surface area contributed by atoms with E-state index in [-0.39, 0.29) is 11.4 Å². The first-order valence-corrected chi connectivity index (χ1v) is 6.39. The third-order valence-electron chi connectivity index (χ3n) is 3.25. The first-order valence-electron chi connectivity index (χ1n) is 6.39. The maximum Gasteiger partial charge on any atom is 0.125 e. The summed E-state index contributed by atoms with van der Waals surface area (Å²) in [6, 6.07) is 5.27. The normalized spacial score (nSPS) is 16.4. The Balaban J connectivity index is 2.15. The van der Waals surface area contributed by atoms with E-state index in [4.69, 9.17) is 5.73 Å². The van der Waals surface area contributed by atoms with Crippen molar-refractivity contribution in [2.24, 2.45) is 5.73 Å². The molecule has 0 radical (unpaired) electrons. The van der Waals surface area contributed by atoms with E-state index in [1.807, 2.05) is 13.8 Å². The summed E-state index contributed by atoms with van der Waals surface area (Å²) in [5.41, 5.74) is 7.55. The van der Waals surface area contributed by atoms with E-state index in [9.17, 15) is 4.39 Å². The molecular formula is C14H18FN3. The lowest BCUT2D eigenvalue weighted by atomic mass is 10.0. The van der Waals surface area contributed by atoms with Gasteiger partial charge in [-0.05, 0) is 44.9 Å². The van der Waals surface area contributed by atoms with E-state index in [1.165, 1.54) is 6.07 Å². The van der Waals surface area contributed by atoms with Crippen molar-refractivity contribution in [3.05, 3.63) is 29.8 Å². The number of imidazole rings is 1. The fourth-order valence-corrected chi connectivity index (χ4v) is 2.39. The lowest BCUT2D eigenvalue weighted by Gasteiger charge is -2.18. The number of halogens is 1. The van der Waals surface area contributed by atoms with Crippen molar-refractivity contribution < 1.29 is 4.39 Å². The minimum absolute atomic E-state index is 0.206. The summed E-state index contributed by atoms with van der Waals surface area (Å²) in [6.07, 6.45) is 3.01. The highest BCUT2D eigenvalue weighted by atomic mass is 19.1. The van der Waals surface area contributed by atoms with Crippen LogP contribution < -0.4 is 5.73 Å². The summed E-state index contributed by atoms with van der Waals surface area (Å²) in [7, 11) is 0. The molecule has 0 aliphatic heterocycles. The Kier molecular flexibility index (Phi) is 2.45. The standard InChI is InChI=1S/C14H18FN3/c1-14(2,16)8-13-17-11-6-3-9(15)7-12(11)18(13)10-4-5-10/h3,6-7,10H,4-5,8,16H2,1-2H3. The monoisotopic (exact) mass is 247 g/mol. The second kappa shape index (κ2) is 3.79. The molecule has 2 N–H and O–H groups in total. The number of hydrogen-bond acceptors (Lipinski definition) is 2. The molecule has 1 fully saturated rings. The lowest BCUT2D eigenvalue weighted by molar-refractivity contribution is 0.488. The largest absolute Gasteiger partial charge is 0.325 e. The van der Waals surface area contributed by atoms with Crippen LogP contribution in [-0.2, 0) is 6.42 Å². The average Bonchev–Trinajstić information content (AvgIpc) is 3.00. The summed E-state index contributed by atoms with van der Waals surface area (Å²) in [4.78, 5) is 4.62. The van der Waals surface area contributed by atoms with Gasteiger partial charge in [-0.3, -0.25) is 0 Å².